The third-order valence-electron chi connectivity index (χ3n) is 3.59. The standard InChI is InChI=1S/C17H20N4O/c1-21(2)16-7-5-13(6-8-16)19-15-9-12(10-18-11-15)17(22)20-14-3-4-14/h5-11,14,19H,3-4H2,1-2H3,(H,20,22). The van der Waals surface area contributed by atoms with E-state index in [9.17, 15) is 4.79 Å². The van der Waals surface area contributed by atoms with Gasteiger partial charge in [-0.05, 0) is 43.2 Å². The predicted molar refractivity (Wildman–Crippen MR) is 88.8 cm³/mol. The van der Waals surface area contributed by atoms with E-state index in [4.69, 9.17) is 0 Å². The molecule has 1 aliphatic carbocycles. The molecule has 0 unspecified atom stereocenters. The minimum absolute atomic E-state index is 0.0541. The van der Waals surface area contributed by atoms with Crippen LogP contribution in [0, 0.1) is 0 Å². The van der Waals surface area contributed by atoms with Crippen molar-refractivity contribution in [3.63, 3.8) is 0 Å². The monoisotopic (exact) mass is 296 g/mol. The molecule has 1 aromatic heterocycles. The molecular formula is C17H20N4O. The summed E-state index contributed by atoms with van der Waals surface area (Å²) in [7, 11) is 4.02. The zero-order chi connectivity index (χ0) is 15.5. The molecule has 0 radical (unpaired) electrons. The molecule has 22 heavy (non-hydrogen) atoms. The first-order valence-corrected chi connectivity index (χ1v) is 7.42. The molecule has 0 aliphatic heterocycles. The SMILES string of the molecule is CN(C)c1ccc(Nc2cncc(C(=O)NC3CC3)c2)cc1. The summed E-state index contributed by atoms with van der Waals surface area (Å²) in [6.45, 7) is 0. The number of nitrogens with one attached hydrogen (secondary N) is 2. The van der Waals surface area contributed by atoms with Crippen molar-refractivity contribution in [2.75, 3.05) is 24.3 Å². The Labute approximate surface area is 130 Å². The average Bonchev–Trinajstić information content (AvgIpc) is 3.32. The van der Waals surface area contributed by atoms with Crippen LogP contribution in [0.2, 0.25) is 0 Å². The van der Waals surface area contributed by atoms with Crippen molar-refractivity contribution in [3.8, 4) is 0 Å². The van der Waals surface area contributed by atoms with Crippen molar-refractivity contribution >= 4 is 23.0 Å². The largest absolute Gasteiger partial charge is 0.378 e. The smallest absolute Gasteiger partial charge is 0.253 e. The van der Waals surface area contributed by atoms with Crippen LogP contribution in [-0.4, -0.2) is 31.0 Å². The number of rotatable bonds is 5. The third kappa shape index (κ3) is 3.55. The number of pyridine rings is 1. The number of aromatic nitrogens is 1. The topological polar surface area (TPSA) is 57.3 Å². The van der Waals surface area contributed by atoms with Crippen LogP contribution in [0.5, 0.6) is 0 Å². The zero-order valence-electron chi connectivity index (χ0n) is 12.8. The Morgan fingerprint density at radius 3 is 2.50 bits per heavy atom. The molecule has 1 heterocycles. The lowest BCUT2D eigenvalue weighted by molar-refractivity contribution is 0.0951. The Balaban J connectivity index is 1.70. The van der Waals surface area contributed by atoms with Gasteiger partial charge < -0.3 is 15.5 Å². The summed E-state index contributed by atoms with van der Waals surface area (Å²) >= 11 is 0. The fourth-order valence-electron chi connectivity index (χ4n) is 2.14. The Bertz CT molecular complexity index is 663. The van der Waals surface area contributed by atoms with Crippen molar-refractivity contribution < 1.29 is 4.79 Å². The molecule has 1 fully saturated rings. The number of anilines is 3. The highest BCUT2D eigenvalue weighted by Crippen LogP contribution is 2.22. The van der Waals surface area contributed by atoms with Gasteiger partial charge in [0.25, 0.3) is 5.91 Å². The maximum Gasteiger partial charge on any atom is 0.253 e. The van der Waals surface area contributed by atoms with Gasteiger partial charge in [0.2, 0.25) is 0 Å². The maximum absolute atomic E-state index is 12.0. The van der Waals surface area contributed by atoms with E-state index in [0.29, 0.717) is 11.6 Å². The van der Waals surface area contributed by atoms with Crippen LogP contribution >= 0.6 is 0 Å². The number of hydrogen-bond donors (Lipinski definition) is 2. The second-order valence-corrected chi connectivity index (χ2v) is 5.78. The van der Waals surface area contributed by atoms with Gasteiger partial charge in [0.15, 0.2) is 0 Å². The van der Waals surface area contributed by atoms with Crippen LogP contribution in [0.4, 0.5) is 17.1 Å². The minimum Gasteiger partial charge on any atom is -0.378 e. The molecule has 2 N–H and O–H groups in total. The second-order valence-electron chi connectivity index (χ2n) is 5.78. The molecule has 114 valence electrons. The first kappa shape index (κ1) is 14.4. The van der Waals surface area contributed by atoms with E-state index in [2.05, 4.69) is 15.6 Å². The number of amides is 1. The zero-order valence-corrected chi connectivity index (χ0v) is 12.8. The number of nitrogens with zero attached hydrogens (tertiary/aromatic N) is 2. The van der Waals surface area contributed by atoms with Crippen molar-refractivity contribution in [1.29, 1.82) is 0 Å². The highest BCUT2D eigenvalue weighted by atomic mass is 16.1. The van der Waals surface area contributed by atoms with Gasteiger partial charge in [-0.15, -0.1) is 0 Å². The maximum atomic E-state index is 12.0. The Morgan fingerprint density at radius 1 is 1.14 bits per heavy atom. The summed E-state index contributed by atoms with van der Waals surface area (Å²) in [5.41, 5.74) is 3.50. The molecule has 1 saturated carbocycles. The molecular weight excluding hydrogens is 276 g/mol. The van der Waals surface area contributed by atoms with Gasteiger partial charge in [-0.2, -0.15) is 0 Å². The van der Waals surface area contributed by atoms with Crippen molar-refractivity contribution in [2.24, 2.45) is 0 Å². The first-order chi connectivity index (χ1) is 10.6. The van der Waals surface area contributed by atoms with Crippen LogP contribution in [0.25, 0.3) is 0 Å². The van der Waals surface area contributed by atoms with Gasteiger partial charge in [-0.25, -0.2) is 0 Å². The Kier molecular flexibility index (Phi) is 3.96. The predicted octanol–water partition coefficient (Wildman–Crippen LogP) is 2.78. The highest BCUT2D eigenvalue weighted by molar-refractivity contribution is 5.95. The molecule has 0 saturated heterocycles. The van der Waals surface area contributed by atoms with Gasteiger partial charge in [0.1, 0.15) is 0 Å². The van der Waals surface area contributed by atoms with Gasteiger partial charge in [0, 0.05) is 37.7 Å². The molecule has 3 rings (SSSR count). The Morgan fingerprint density at radius 2 is 1.86 bits per heavy atom. The average molecular weight is 296 g/mol. The summed E-state index contributed by atoms with van der Waals surface area (Å²) in [4.78, 5) is 18.2. The normalized spacial score (nSPS) is 13.5. The number of carbonyl (C=O) groups excluding carboxylic acids is 1. The van der Waals surface area contributed by atoms with E-state index in [1.165, 1.54) is 0 Å². The molecule has 1 aliphatic rings. The third-order valence-corrected chi connectivity index (χ3v) is 3.59. The van der Waals surface area contributed by atoms with Gasteiger partial charge >= 0.3 is 0 Å². The van der Waals surface area contributed by atoms with E-state index in [0.717, 1.165) is 29.9 Å². The van der Waals surface area contributed by atoms with E-state index < -0.39 is 0 Å². The van der Waals surface area contributed by atoms with Gasteiger partial charge in [-0.1, -0.05) is 0 Å². The van der Waals surface area contributed by atoms with Crippen molar-refractivity contribution in [2.45, 2.75) is 18.9 Å². The van der Waals surface area contributed by atoms with E-state index in [1.807, 2.05) is 49.3 Å². The molecule has 2 aromatic rings. The van der Waals surface area contributed by atoms with E-state index >= 15 is 0 Å². The lowest BCUT2D eigenvalue weighted by atomic mass is 10.2. The van der Waals surface area contributed by atoms with Crippen LogP contribution in [0.15, 0.2) is 42.7 Å². The lowest BCUT2D eigenvalue weighted by Gasteiger charge is -2.13. The number of benzene rings is 1. The molecule has 0 spiro atoms. The van der Waals surface area contributed by atoms with Crippen LogP contribution in [0.3, 0.4) is 0 Å². The molecule has 1 aromatic carbocycles. The van der Waals surface area contributed by atoms with Crippen LogP contribution in [-0.2, 0) is 0 Å². The minimum atomic E-state index is -0.0541. The van der Waals surface area contributed by atoms with Crippen LogP contribution < -0.4 is 15.5 Å². The molecule has 0 atom stereocenters. The fraction of sp³-hybridized carbons (Fsp3) is 0.294. The molecule has 5 heteroatoms. The first-order valence-electron chi connectivity index (χ1n) is 7.42. The molecule has 0 bridgehead atoms. The summed E-state index contributed by atoms with van der Waals surface area (Å²) in [6, 6.07) is 10.3. The second kappa shape index (κ2) is 6.05. The quantitative estimate of drug-likeness (QED) is 0.891. The highest BCUT2D eigenvalue weighted by Gasteiger charge is 2.23. The molecule has 5 nitrogen and oxygen atoms in total. The summed E-state index contributed by atoms with van der Waals surface area (Å²) in [6.07, 6.45) is 5.47. The summed E-state index contributed by atoms with van der Waals surface area (Å²) in [5.74, 6) is -0.0541. The van der Waals surface area contributed by atoms with Crippen molar-refractivity contribution in [3.05, 3.63) is 48.3 Å². The number of hydrogen-bond acceptors (Lipinski definition) is 4. The summed E-state index contributed by atoms with van der Waals surface area (Å²) < 4.78 is 0. The summed E-state index contributed by atoms with van der Waals surface area (Å²) in [5, 5.41) is 6.24. The van der Waals surface area contributed by atoms with Gasteiger partial charge in [0.05, 0.1) is 17.4 Å². The van der Waals surface area contributed by atoms with Crippen LogP contribution in [0.1, 0.15) is 23.2 Å². The van der Waals surface area contributed by atoms with E-state index in [1.54, 1.807) is 12.4 Å². The van der Waals surface area contributed by atoms with Gasteiger partial charge in [-0.3, -0.25) is 9.78 Å². The lowest BCUT2D eigenvalue weighted by Crippen LogP contribution is -2.25. The number of carbonyl (C=O) groups is 1. The molecule has 1 amide bonds. The Hall–Kier alpha value is -2.56. The van der Waals surface area contributed by atoms with Crippen molar-refractivity contribution in [1.82, 2.24) is 10.3 Å². The van der Waals surface area contributed by atoms with E-state index in [-0.39, 0.29) is 5.91 Å². The fourth-order valence-corrected chi connectivity index (χ4v) is 2.14.